The summed E-state index contributed by atoms with van der Waals surface area (Å²) in [6.45, 7) is 0.277. The van der Waals surface area contributed by atoms with Gasteiger partial charge >= 0.3 is 0 Å². The fourth-order valence-corrected chi connectivity index (χ4v) is 2.22. The molecular weight excluding hydrogens is 283 g/mol. The summed E-state index contributed by atoms with van der Waals surface area (Å²) in [4.78, 5) is 0. The molecule has 3 nitrogen and oxygen atoms in total. The quantitative estimate of drug-likeness (QED) is 0.869. The molecule has 5 heteroatoms. The number of rotatable bonds is 3. The summed E-state index contributed by atoms with van der Waals surface area (Å²) in [5.41, 5.74) is 7.54. The maximum absolute atomic E-state index is 8.82. The average Bonchev–Trinajstić information content (AvgIpc) is 2.37. The second-order valence-corrected chi connectivity index (χ2v) is 4.73. The van der Waals surface area contributed by atoms with Crippen molar-refractivity contribution in [2.75, 3.05) is 5.73 Å². The van der Waals surface area contributed by atoms with Crippen molar-refractivity contribution >= 4 is 28.9 Å². The highest BCUT2D eigenvalue weighted by atomic mass is 35.5. The molecule has 0 heterocycles. The first kappa shape index (κ1) is 13.5. The van der Waals surface area contributed by atoms with E-state index in [9.17, 15) is 0 Å². The minimum atomic E-state index is 0.277. The summed E-state index contributed by atoms with van der Waals surface area (Å²) in [6, 6.07) is 12.4. The van der Waals surface area contributed by atoms with E-state index in [1.165, 1.54) is 0 Å². The number of nitrogen functional groups attached to an aromatic ring is 1. The molecule has 0 unspecified atom stereocenters. The van der Waals surface area contributed by atoms with Crippen LogP contribution in [-0.4, -0.2) is 0 Å². The van der Waals surface area contributed by atoms with E-state index in [-0.39, 0.29) is 6.61 Å². The van der Waals surface area contributed by atoms with E-state index >= 15 is 0 Å². The Morgan fingerprint density at radius 2 is 1.84 bits per heavy atom. The minimum absolute atomic E-state index is 0.277. The second-order valence-electron chi connectivity index (χ2n) is 3.91. The Kier molecular flexibility index (Phi) is 4.16. The maximum Gasteiger partial charge on any atom is 0.157 e. The van der Waals surface area contributed by atoms with E-state index in [1.807, 2.05) is 6.07 Å². The molecule has 19 heavy (non-hydrogen) atoms. The maximum atomic E-state index is 8.82. The molecule has 0 atom stereocenters. The highest BCUT2D eigenvalue weighted by Gasteiger charge is 2.09. The van der Waals surface area contributed by atoms with Crippen LogP contribution in [0.2, 0.25) is 10.0 Å². The van der Waals surface area contributed by atoms with Gasteiger partial charge < -0.3 is 10.5 Å². The van der Waals surface area contributed by atoms with Gasteiger partial charge in [0.05, 0.1) is 21.7 Å². The third kappa shape index (κ3) is 3.31. The van der Waals surface area contributed by atoms with Crippen LogP contribution >= 0.6 is 23.2 Å². The van der Waals surface area contributed by atoms with E-state index in [1.54, 1.807) is 30.3 Å². The lowest BCUT2D eigenvalue weighted by molar-refractivity contribution is 0.306. The molecule has 0 saturated heterocycles. The topological polar surface area (TPSA) is 59.0 Å². The summed E-state index contributed by atoms with van der Waals surface area (Å²) in [7, 11) is 0. The second kappa shape index (κ2) is 5.83. The van der Waals surface area contributed by atoms with Crippen molar-refractivity contribution in [1.29, 1.82) is 5.26 Å². The van der Waals surface area contributed by atoms with Gasteiger partial charge in [-0.1, -0.05) is 35.3 Å². The van der Waals surface area contributed by atoms with E-state index in [4.69, 9.17) is 38.9 Å². The van der Waals surface area contributed by atoms with Crippen molar-refractivity contribution in [3.63, 3.8) is 0 Å². The lowest BCUT2D eigenvalue weighted by atomic mass is 10.1. The Bertz CT molecular complexity index is 627. The van der Waals surface area contributed by atoms with E-state index in [0.717, 1.165) is 5.56 Å². The van der Waals surface area contributed by atoms with E-state index < -0.39 is 0 Å². The van der Waals surface area contributed by atoms with Crippen molar-refractivity contribution in [2.24, 2.45) is 0 Å². The SMILES string of the molecule is N#Cc1cccc(COc2c(Cl)cc(N)cc2Cl)c1. The number of nitrogens with zero attached hydrogens (tertiary/aromatic N) is 1. The number of hydrogen-bond donors (Lipinski definition) is 1. The zero-order valence-corrected chi connectivity index (χ0v) is 11.4. The summed E-state index contributed by atoms with van der Waals surface area (Å²) >= 11 is 12.0. The molecule has 96 valence electrons. The lowest BCUT2D eigenvalue weighted by Crippen LogP contribution is -1.98. The molecule has 0 saturated carbocycles. The molecule has 0 amide bonds. The van der Waals surface area contributed by atoms with Crippen LogP contribution in [0, 0.1) is 11.3 Å². The number of halogens is 2. The lowest BCUT2D eigenvalue weighted by Gasteiger charge is -2.10. The van der Waals surface area contributed by atoms with Gasteiger partial charge in [-0.15, -0.1) is 0 Å². The van der Waals surface area contributed by atoms with Gasteiger partial charge in [-0.05, 0) is 29.8 Å². The monoisotopic (exact) mass is 292 g/mol. The molecule has 0 aromatic heterocycles. The van der Waals surface area contributed by atoms with Crippen LogP contribution in [0.25, 0.3) is 0 Å². The zero-order valence-electron chi connectivity index (χ0n) is 9.86. The van der Waals surface area contributed by atoms with Crippen LogP contribution < -0.4 is 10.5 Å². The first-order valence-corrected chi connectivity index (χ1v) is 6.22. The van der Waals surface area contributed by atoms with E-state index in [0.29, 0.717) is 27.0 Å². The minimum Gasteiger partial charge on any atom is -0.486 e. The Morgan fingerprint density at radius 3 is 2.47 bits per heavy atom. The van der Waals surface area contributed by atoms with Gasteiger partial charge in [-0.2, -0.15) is 5.26 Å². The molecule has 0 radical (unpaired) electrons. The van der Waals surface area contributed by atoms with Crippen LogP contribution in [0.3, 0.4) is 0 Å². The normalized spacial score (nSPS) is 9.95. The Morgan fingerprint density at radius 1 is 1.16 bits per heavy atom. The van der Waals surface area contributed by atoms with Crippen LogP contribution in [0.1, 0.15) is 11.1 Å². The van der Waals surface area contributed by atoms with Crippen molar-refractivity contribution in [3.05, 3.63) is 57.6 Å². The van der Waals surface area contributed by atoms with Gasteiger partial charge in [0.2, 0.25) is 0 Å². The number of benzene rings is 2. The fourth-order valence-electron chi connectivity index (χ4n) is 1.60. The van der Waals surface area contributed by atoms with E-state index in [2.05, 4.69) is 6.07 Å². The molecule has 2 rings (SSSR count). The predicted molar refractivity (Wildman–Crippen MR) is 76.4 cm³/mol. The Balaban J connectivity index is 2.17. The highest BCUT2D eigenvalue weighted by molar-refractivity contribution is 6.37. The van der Waals surface area contributed by atoms with Gasteiger partial charge in [0.25, 0.3) is 0 Å². The summed E-state index contributed by atoms with van der Waals surface area (Å²) in [6.07, 6.45) is 0. The average molecular weight is 293 g/mol. The van der Waals surface area contributed by atoms with Gasteiger partial charge in [0.15, 0.2) is 5.75 Å². The molecule has 0 spiro atoms. The Hall–Kier alpha value is -1.89. The third-order valence-corrected chi connectivity index (χ3v) is 3.02. The molecule has 0 fully saturated rings. The third-order valence-electron chi connectivity index (χ3n) is 2.46. The van der Waals surface area contributed by atoms with Gasteiger partial charge in [0.1, 0.15) is 6.61 Å². The molecular formula is C14H10Cl2N2O. The predicted octanol–water partition coefficient (Wildman–Crippen LogP) is 4.03. The van der Waals surface area contributed by atoms with Crippen LogP contribution in [0.4, 0.5) is 5.69 Å². The number of anilines is 1. The van der Waals surface area contributed by atoms with Crippen LogP contribution in [0.15, 0.2) is 36.4 Å². The molecule has 0 bridgehead atoms. The number of nitriles is 1. The largest absolute Gasteiger partial charge is 0.486 e. The van der Waals surface area contributed by atoms with Crippen molar-refractivity contribution in [2.45, 2.75) is 6.61 Å². The highest BCUT2D eigenvalue weighted by Crippen LogP contribution is 2.35. The van der Waals surface area contributed by atoms with Crippen molar-refractivity contribution < 1.29 is 4.74 Å². The number of nitrogens with two attached hydrogens (primary N) is 1. The summed E-state index contributed by atoms with van der Waals surface area (Å²) in [5.74, 6) is 0.389. The number of hydrogen-bond acceptors (Lipinski definition) is 3. The van der Waals surface area contributed by atoms with Gasteiger partial charge in [-0.25, -0.2) is 0 Å². The molecule has 2 N–H and O–H groups in total. The first-order valence-electron chi connectivity index (χ1n) is 5.46. The molecule has 2 aromatic carbocycles. The summed E-state index contributed by atoms with van der Waals surface area (Å²) in [5, 5.41) is 9.54. The standard InChI is InChI=1S/C14H10Cl2N2O/c15-12-5-11(18)6-13(16)14(12)19-8-10-3-1-2-9(4-10)7-17/h1-6H,8,18H2. The summed E-state index contributed by atoms with van der Waals surface area (Å²) < 4.78 is 5.58. The van der Waals surface area contributed by atoms with Gasteiger partial charge in [-0.3, -0.25) is 0 Å². The van der Waals surface area contributed by atoms with Crippen LogP contribution in [-0.2, 0) is 6.61 Å². The fraction of sp³-hybridized carbons (Fsp3) is 0.0714. The molecule has 0 aliphatic heterocycles. The number of ether oxygens (including phenoxy) is 1. The van der Waals surface area contributed by atoms with Crippen molar-refractivity contribution in [3.8, 4) is 11.8 Å². The molecule has 0 aliphatic carbocycles. The van der Waals surface area contributed by atoms with Crippen LogP contribution in [0.5, 0.6) is 5.75 Å². The molecule has 0 aliphatic rings. The first-order chi connectivity index (χ1) is 9.10. The van der Waals surface area contributed by atoms with Gasteiger partial charge in [0, 0.05) is 5.69 Å². The zero-order chi connectivity index (χ0) is 13.8. The molecule has 2 aromatic rings. The van der Waals surface area contributed by atoms with Crippen molar-refractivity contribution in [1.82, 2.24) is 0 Å². The Labute approximate surface area is 121 Å². The smallest absolute Gasteiger partial charge is 0.157 e.